The van der Waals surface area contributed by atoms with E-state index in [0.717, 1.165) is 12.1 Å². The van der Waals surface area contributed by atoms with Crippen LogP contribution in [0.5, 0.6) is 0 Å². The van der Waals surface area contributed by atoms with Crippen molar-refractivity contribution in [2.45, 2.75) is 17.7 Å². The molecule has 7 heteroatoms. The van der Waals surface area contributed by atoms with Gasteiger partial charge in [-0.3, -0.25) is 4.79 Å². The van der Waals surface area contributed by atoms with Crippen molar-refractivity contribution in [2.24, 2.45) is 0 Å². The molecule has 0 saturated carbocycles. The van der Waals surface area contributed by atoms with E-state index in [1.165, 1.54) is 28.8 Å². The molecule has 1 amide bonds. The molecule has 3 nitrogen and oxygen atoms in total. The second-order valence-corrected chi connectivity index (χ2v) is 6.82. The summed E-state index contributed by atoms with van der Waals surface area (Å²) in [6.45, 7) is 0.0987. The Balaban J connectivity index is 1.78. The highest BCUT2D eigenvalue weighted by Crippen LogP contribution is 2.40. The molecule has 0 aromatic heterocycles. The van der Waals surface area contributed by atoms with Crippen LogP contribution >= 0.6 is 11.8 Å². The van der Waals surface area contributed by atoms with Crippen LogP contribution < -0.4 is 0 Å². The summed E-state index contributed by atoms with van der Waals surface area (Å²) in [6.07, 6.45) is -5.24. The molecule has 1 saturated heterocycles. The third-order valence-electron chi connectivity index (χ3n) is 4.05. The summed E-state index contributed by atoms with van der Waals surface area (Å²) in [6, 6.07) is 13.8. The van der Waals surface area contributed by atoms with Gasteiger partial charge in [0.05, 0.1) is 24.0 Å². The summed E-state index contributed by atoms with van der Waals surface area (Å²) in [5, 5.41) is 9.97. The minimum atomic E-state index is -4.39. The van der Waals surface area contributed by atoms with Crippen molar-refractivity contribution in [3.05, 3.63) is 71.3 Å². The number of aliphatic hydroxyl groups excluding tert-OH is 1. The average Bonchev–Trinajstić information content (AvgIpc) is 2.96. The number of aliphatic hydroxyl groups is 1. The van der Waals surface area contributed by atoms with Gasteiger partial charge in [0.15, 0.2) is 0 Å². The highest BCUT2D eigenvalue weighted by Gasteiger charge is 2.35. The molecule has 1 heterocycles. The lowest BCUT2D eigenvalue weighted by Crippen LogP contribution is -2.32. The topological polar surface area (TPSA) is 40.5 Å². The number of nitrogens with zero attached hydrogens (tertiary/aromatic N) is 1. The van der Waals surface area contributed by atoms with Crippen LogP contribution in [-0.2, 0) is 11.0 Å². The van der Waals surface area contributed by atoms with E-state index in [9.17, 15) is 23.1 Å². The third kappa shape index (κ3) is 3.99. The maximum Gasteiger partial charge on any atom is 0.416 e. The van der Waals surface area contributed by atoms with Gasteiger partial charge in [0.1, 0.15) is 5.37 Å². The number of carbonyl (C=O) groups is 1. The normalized spacial score (nSPS) is 19.3. The van der Waals surface area contributed by atoms with Crippen molar-refractivity contribution in [1.29, 1.82) is 0 Å². The fourth-order valence-corrected chi connectivity index (χ4v) is 3.93. The average molecular weight is 367 g/mol. The van der Waals surface area contributed by atoms with E-state index in [2.05, 4.69) is 0 Å². The number of hydrogen-bond acceptors (Lipinski definition) is 3. The van der Waals surface area contributed by atoms with Crippen LogP contribution in [0.4, 0.5) is 13.2 Å². The van der Waals surface area contributed by atoms with Gasteiger partial charge in [0, 0.05) is 0 Å². The predicted molar refractivity (Wildman–Crippen MR) is 89.8 cm³/mol. The first-order valence-electron chi connectivity index (χ1n) is 7.67. The number of benzene rings is 2. The SMILES string of the molecule is O=C1CSC(c2ccc(C(F)(F)F)cc2)N1CC(O)c1ccccc1. The molecule has 1 N–H and O–H groups in total. The van der Waals surface area contributed by atoms with Crippen molar-refractivity contribution in [3.63, 3.8) is 0 Å². The molecule has 0 bridgehead atoms. The first-order chi connectivity index (χ1) is 11.9. The number of hydrogen-bond donors (Lipinski definition) is 1. The molecule has 2 aromatic rings. The van der Waals surface area contributed by atoms with Crippen molar-refractivity contribution < 1.29 is 23.1 Å². The van der Waals surface area contributed by atoms with Gasteiger partial charge in [0.25, 0.3) is 0 Å². The molecular formula is C18H16F3NO2S. The molecule has 132 valence electrons. The summed E-state index contributed by atoms with van der Waals surface area (Å²) in [5.74, 6) is 0.109. The predicted octanol–water partition coefficient (Wildman–Crippen LogP) is 4.01. The standard InChI is InChI=1S/C18H16F3NO2S/c19-18(20,21)14-8-6-13(7-9-14)17-22(16(24)11-25-17)10-15(23)12-4-2-1-3-5-12/h1-9,15,17,23H,10-11H2. The number of thioether (sulfide) groups is 1. The largest absolute Gasteiger partial charge is 0.416 e. The molecule has 0 radical (unpaired) electrons. The molecular weight excluding hydrogens is 351 g/mol. The van der Waals surface area contributed by atoms with Gasteiger partial charge in [-0.05, 0) is 23.3 Å². The molecule has 2 aromatic carbocycles. The van der Waals surface area contributed by atoms with E-state index in [0.29, 0.717) is 11.1 Å². The molecule has 25 heavy (non-hydrogen) atoms. The lowest BCUT2D eigenvalue weighted by molar-refractivity contribution is -0.137. The Morgan fingerprint density at radius 3 is 2.36 bits per heavy atom. The number of halogens is 3. The summed E-state index contributed by atoms with van der Waals surface area (Å²) >= 11 is 1.35. The fraction of sp³-hybridized carbons (Fsp3) is 0.278. The molecule has 2 atom stereocenters. The summed E-state index contributed by atoms with van der Waals surface area (Å²) in [7, 11) is 0. The third-order valence-corrected chi connectivity index (χ3v) is 5.30. The Morgan fingerprint density at radius 1 is 1.12 bits per heavy atom. The molecule has 0 aliphatic carbocycles. The number of rotatable bonds is 4. The van der Waals surface area contributed by atoms with E-state index in [1.54, 1.807) is 24.3 Å². The van der Waals surface area contributed by atoms with Crippen LogP contribution in [-0.4, -0.2) is 28.2 Å². The minimum Gasteiger partial charge on any atom is -0.387 e. The molecule has 3 rings (SSSR count). The van der Waals surface area contributed by atoms with Crippen LogP contribution in [0.3, 0.4) is 0 Å². The van der Waals surface area contributed by atoms with Crippen LogP contribution in [0, 0.1) is 0 Å². The molecule has 1 aliphatic heterocycles. The summed E-state index contributed by atoms with van der Waals surface area (Å²) in [5.41, 5.74) is 0.587. The Hall–Kier alpha value is -1.99. The van der Waals surface area contributed by atoms with Crippen LogP contribution in [0.2, 0.25) is 0 Å². The van der Waals surface area contributed by atoms with Gasteiger partial charge >= 0.3 is 6.18 Å². The zero-order valence-electron chi connectivity index (χ0n) is 13.1. The maximum atomic E-state index is 12.7. The Morgan fingerprint density at radius 2 is 1.76 bits per heavy atom. The molecule has 2 unspecified atom stereocenters. The number of carbonyl (C=O) groups excluding carboxylic acids is 1. The van der Waals surface area contributed by atoms with E-state index in [4.69, 9.17) is 0 Å². The van der Waals surface area contributed by atoms with E-state index >= 15 is 0 Å². The van der Waals surface area contributed by atoms with Crippen molar-refractivity contribution >= 4 is 17.7 Å². The fourth-order valence-electron chi connectivity index (χ4n) is 2.73. The molecule has 1 fully saturated rings. The first-order valence-corrected chi connectivity index (χ1v) is 8.72. The zero-order chi connectivity index (χ0) is 18.0. The monoisotopic (exact) mass is 367 g/mol. The maximum absolute atomic E-state index is 12.7. The van der Waals surface area contributed by atoms with Gasteiger partial charge in [-0.15, -0.1) is 11.8 Å². The van der Waals surface area contributed by atoms with Gasteiger partial charge in [0.2, 0.25) is 5.91 Å². The Labute approximate surface area is 147 Å². The van der Waals surface area contributed by atoms with Crippen molar-refractivity contribution in [1.82, 2.24) is 4.90 Å². The van der Waals surface area contributed by atoms with Gasteiger partial charge in [-0.2, -0.15) is 13.2 Å². The second kappa shape index (κ2) is 7.09. The van der Waals surface area contributed by atoms with E-state index in [1.807, 2.05) is 6.07 Å². The Bertz CT molecular complexity index is 734. The Kier molecular flexibility index (Phi) is 5.06. The molecule has 1 aliphatic rings. The quantitative estimate of drug-likeness (QED) is 0.888. The lowest BCUT2D eigenvalue weighted by atomic mass is 10.1. The summed E-state index contributed by atoms with van der Waals surface area (Å²) in [4.78, 5) is 13.7. The van der Waals surface area contributed by atoms with Crippen LogP contribution in [0.15, 0.2) is 54.6 Å². The smallest absolute Gasteiger partial charge is 0.387 e. The van der Waals surface area contributed by atoms with Crippen molar-refractivity contribution in [3.8, 4) is 0 Å². The number of β-amino-alcohol motifs (C(OH)–C–C–N with tert-alkyl or cyclic N) is 1. The van der Waals surface area contributed by atoms with Crippen molar-refractivity contribution in [2.75, 3.05) is 12.3 Å². The number of alkyl halides is 3. The van der Waals surface area contributed by atoms with Gasteiger partial charge in [-0.25, -0.2) is 0 Å². The van der Waals surface area contributed by atoms with E-state index < -0.39 is 23.2 Å². The minimum absolute atomic E-state index is 0.0987. The van der Waals surface area contributed by atoms with Gasteiger partial charge < -0.3 is 10.0 Å². The lowest BCUT2D eigenvalue weighted by Gasteiger charge is -2.27. The highest BCUT2D eigenvalue weighted by molar-refractivity contribution is 8.00. The molecule has 0 spiro atoms. The van der Waals surface area contributed by atoms with Crippen LogP contribution in [0.1, 0.15) is 28.2 Å². The zero-order valence-corrected chi connectivity index (χ0v) is 13.9. The van der Waals surface area contributed by atoms with E-state index in [-0.39, 0.29) is 18.2 Å². The number of amides is 1. The highest BCUT2D eigenvalue weighted by atomic mass is 32.2. The van der Waals surface area contributed by atoms with Gasteiger partial charge in [-0.1, -0.05) is 42.5 Å². The summed E-state index contributed by atoms with van der Waals surface area (Å²) < 4.78 is 38.1. The van der Waals surface area contributed by atoms with Crippen LogP contribution in [0.25, 0.3) is 0 Å². The second-order valence-electron chi connectivity index (χ2n) is 5.76. The first kappa shape index (κ1) is 17.8.